The molecule has 0 heterocycles. The fourth-order valence-corrected chi connectivity index (χ4v) is 0.925. The summed E-state index contributed by atoms with van der Waals surface area (Å²) in [7, 11) is 1.53. The zero-order valence-electron chi connectivity index (χ0n) is 9.08. The van der Waals surface area contributed by atoms with Gasteiger partial charge in [-0.3, -0.25) is 9.59 Å². The third-order valence-electron chi connectivity index (χ3n) is 1.65. The van der Waals surface area contributed by atoms with Gasteiger partial charge in [0.2, 0.25) is 5.91 Å². The van der Waals surface area contributed by atoms with E-state index in [2.05, 4.69) is 15.4 Å². The largest absolute Gasteiger partial charge is 0.466 e. The van der Waals surface area contributed by atoms with Gasteiger partial charge in [-0.25, -0.2) is 0 Å². The lowest BCUT2D eigenvalue weighted by Crippen LogP contribution is -2.36. The van der Waals surface area contributed by atoms with Gasteiger partial charge < -0.3 is 20.5 Å². The molecule has 0 rings (SSSR count). The van der Waals surface area contributed by atoms with Crippen molar-refractivity contribution in [3.05, 3.63) is 0 Å². The van der Waals surface area contributed by atoms with Crippen LogP contribution in [0.25, 0.3) is 0 Å². The molecule has 1 atom stereocenters. The van der Waals surface area contributed by atoms with Crippen molar-refractivity contribution < 1.29 is 19.4 Å². The molecule has 15 heavy (non-hydrogen) atoms. The first-order chi connectivity index (χ1) is 7.10. The lowest BCUT2D eigenvalue weighted by molar-refractivity contribution is -0.145. The van der Waals surface area contributed by atoms with Gasteiger partial charge in [0.05, 0.1) is 25.7 Å². The van der Waals surface area contributed by atoms with Crippen LogP contribution in [0.3, 0.4) is 0 Å². The molecular formula is C9H18N2O4. The molecule has 1 unspecified atom stereocenters. The van der Waals surface area contributed by atoms with Gasteiger partial charge in [-0.2, -0.15) is 0 Å². The fraction of sp³-hybridized carbons (Fsp3) is 0.778. The number of likely N-dealkylation sites (N-methyl/N-ethyl adjacent to an activating group) is 1. The first-order valence-electron chi connectivity index (χ1n) is 4.85. The number of ether oxygens (including phenoxy) is 1. The Morgan fingerprint density at radius 3 is 2.67 bits per heavy atom. The molecule has 0 fully saturated rings. The minimum absolute atomic E-state index is 0.0609. The first-order valence-corrected chi connectivity index (χ1v) is 4.85. The number of amides is 1. The lowest BCUT2D eigenvalue weighted by atomic mass is 10.2. The van der Waals surface area contributed by atoms with Gasteiger partial charge in [0, 0.05) is 13.6 Å². The van der Waals surface area contributed by atoms with Crippen molar-refractivity contribution in [3.63, 3.8) is 0 Å². The molecule has 0 radical (unpaired) electrons. The molecule has 0 aliphatic heterocycles. The molecule has 0 spiro atoms. The average molecular weight is 218 g/mol. The highest BCUT2D eigenvalue weighted by atomic mass is 16.5. The number of aliphatic hydroxyl groups excluding tert-OH is 1. The maximum absolute atomic E-state index is 10.9. The van der Waals surface area contributed by atoms with E-state index >= 15 is 0 Å². The quantitative estimate of drug-likeness (QED) is 0.459. The topological polar surface area (TPSA) is 87.7 Å². The molecule has 0 aliphatic rings. The molecule has 3 N–H and O–H groups in total. The third-order valence-corrected chi connectivity index (χ3v) is 1.65. The van der Waals surface area contributed by atoms with Crippen molar-refractivity contribution in [1.82, 2.24) is 10.6 Å². The predicted molar refractivity (Wildman–Crippen MR) is 54.2 cm³/mol. The van der Waals surface area contributed by atoms with Crippen molar-refractivity contribution in [2.75, 3.05) is 26.7 Å². The van der Waals surface area contributed by atoms with Gasteiger partial charge >= 0.3 is 5.97 Å². The van der Waals surface area contributed by atoms with Crippen molar-refractivity contribution in [2.45, 2.75) is 19.4 Å². The van der Waals surface area contributed by atoms with Crippen LogP contribution in [0.1, 0.15) is 13.3 Å². The van der Waals surface area contributed by atoms with Gasteiger partial charge in [-0.15, -0.1) is 0 Å². The molecule has 0 saturated heterocycles. The Balaban J connectivity index is 3.52. The molecule has 0 aromatic carbocycles. The fourth-order valence-electron chi connectivity index (χ4n) is 0.925. The number of nitrogens with one attached hydrogen (secondary N) is 2. The number of hydrogen-bond acceptors (Lipinski definition) is 5. The summed E-state index contributed by atoms with van der Waals surface area (Å²) in [5.74, 6) is -0.606. The first kappa shape index (κ1) is 13.9. The van der Waals surface area contributed by atoms with E-state index in [1.54, 1.807) is 6.92 Å². The highest BCUT2D eigenvalue weighted by molar-refractivity contribution is 5.77. The van der Waals surface area contributed by atoms with E-state index in [-0.39, 0.29) is 25.4 Å². The van der Waals surface area contributed by atoms with Crippen molar-refractivity contribution >= 4 is 11.9 Å². The minimum Gasteiger partial charge on any atom is -0.466 e. The Kier molecular flexibility index (Phi) is 7.57. The smallest absolute Gasteiger partial charge is 0.308 e. The number of carbonyl (C=O) groups excluding carboxylic acids is 2. The number of hydrogen-bond donors (Lipinski definition) is 3. The van der Waals surface area contributed by atoms with E-state index in [9.17, 15) is 14.7 Å². The van der Waals surface area contributed by atoms with E-state index < -0.39 is 12.1 Å². The van der Waals surface area contributed by atoms with Crippen LogP contribution >= 0.6 is 0 Å². The second-order valence-electron chi connectivity index (χ2n) is 2.97. The number of aliphatic hydroxyl groups is 1. The van der Waals surface area contributed by atoms with Gasteiger partial charge in [0.1, 0.15) is 0 Å². The molecule has 0 aromatic rings. The summed E-state index contributed by atoms with van der Waals surface area (Å²) in [5.41, 5.74) is 0. The molecule has 88 valence electrons. The van der Waals surface area contributed by atoms with Crippen molar-refractivity contribution in [2.24, 2.45) is 0 Å². The lowest BCUT2D eigenvalue weighted by Gasteiger charge is -2.10. The Labute approximate surface area is 89.0 Å². The zero-order valence-corrected chi connectivity index (χ0v) is 9.08. The summed E-state index contributed by atoms with van der Waals surface area (Å²) < 4.78 is 4.66. The molecule has 6 heteroatoms. The molecule has 0 bridgehead atoms. The van der Waals surface area contributed by atoms with Crippen LogP contribution in [0.15, 0.2) is 0 Å². The van der Waals surface area contributed by atoms with Crippen molar-refractivity contribution in [1.29, 1.82) is 0 Å². The number of esters is 1. The van der Waals surface area contributed by atoms with Crippen LogP contribution in [0.5, 0.6) is 0 Å². The number of rotatable bonds is 7. The maximum Gasteiger partial charge on any atom is 0.308 e. The minimum atomic E-state index is -0.825. The molecule has 1 amide bonds. The molecule has 6 nitrogen and oxygen atoms in total. The van der Waals surface area contributed by atoms with Crippen LogP contribution in [0.2, 0.25) is 0 Å². The van der Waals surface area contributed by atoms with E-state index in [1.807, 2.05) is 0 Å². The van der Waals surface area contributed by atoms with Crippen LogP contribution < -0.4 is 10.6 Å². The van der Waals surface area contributed by atoms with Gasteiger partial charge in [0.25, 0.3) is 0 Å². The second-order valence-corrected chi connectivity index (χ2v) is 2.97. The maximum atomic E-state index is 10.9. The monoisotopic (exact) mass is 218 g/mol. The Hall–Kier alpha value is -1.14. The van der Waals surface area contributed by atoms with E-state index in [1.165, 1.54) is 7.05 Å². The average Bonchev–Trinajstić information content (AvgIpc) is 2.17. The van der Waals surface area contributed by atoms with Crippen LogP contribution in [0.4, 0.5) is 0 Å². The standard InChI is InChI=1S/C9H18N2O4/c1-3-15-9(14)4-7(12)5-11-6-8(13)10-2/h7,11-12H,3-6H2,1-2H3,(H,10,13). The summed E-state index contributed by atoms with van der Waals surface area (Å²) in [5, 5.41) is 14.5. The molecular weight excluding hydrogens is 200 g/mol. The van der Waals surface area contributed by atoms with Crippen molar-refractivity contribution in [3.8, 4) is 0 Å². The zero-order chi connectivity index (χ0) is 11.7. The third kappa shape index (κ3) is 7.90. The van der Waals surface area contributed by atoms with Crippen LogP contribution in [-0.4, -0.2) is 49.8 Å². The highest BCUT2D eigenvalue weighted by Gasteiger charge is 2.11. The summed E-state index contributed by atoms with van der Waals surface area (Å²) >= 11 is 0. The van der Waals surface area contributed by atoms with Crippen LogP contribution in [0, 0.1) is 0 Å². The second kappa shape index (κ2) is 8.19. The number of carbonyl (C=O) groups is 2. The summed E-state index contributed by atoms with van der Waals surface area (Å²) in [6.45, 7) is 2.31. The van der Waals surface area contributed by atoms with Crippen LogP contribution in [-0.2, 0) is 14.3 Å². The predicted octanol–water partition coefficient (Wildman–Crippen LogP) is -1.36. The van der Waals surface area contributed by atoms with E-state index in [4.69, 9.17) is 0 Å². The SMILES string of the molecule is CCOC(=O)CC(O)CNCC(=O)NC. The Morgan fingerprint density at radius 1 is 1.47 bits per heavy atom. The summed E-state index contributed by atoms with van der Waals surface area (Å²) in [4.78, 5) is 21.7. The summed E-state index contributed by atoms with van der Waals surface area (Å²) in [6.07, 6.45) is -0.886. The Morgan fingerprint density at radius 2 is 2.13 bits per heavy atom. The van der Waals surface area contributed by atoms with E-state index in [0.717, 1.165) is 0 Å². The molecule has 0 aromatic heterocycles. The Bertz CT molecular complexity index is 208. The molecule has 0 saturated carbocycles. The van der Waals surface area contributed by atoms with Gasteiger partial charge in [-0.1, -0.05) is 0 Å². The van der Waals surface area contributed by atoms with Gasteiger partial charge in [0.15, 0.2) is 0 Å². The normalized spacial score (nSPS) is 11.9. The highest BCUT2D eigenvalue weighted by Crippen LogP contribution is 1.93. The molecule has 0 aliphatic carbocycles. The van der Waals surface area contributed by atoms with Gasteiger partial charge in [-0.05, 0) is 6.92 Å². The van der Waals surface area contributed by atoms with E-state index in [0.29, 0.717) is 6.61 Å². The summed E-state index contributed by atoms with van der Waals surface area (Å²) in [6, 6.07) is 0.